The fourth-order valence-electron chi connectivity index (χ4n) is 1.95. The minimum atomic E-state index is 0.0762. The molecule has 88 valence electrons. The van der Waals surface area contributed by atoms with E-state index in [1.54, 1.807) is 0 Å². The smallest absolute Gasteiger partial charge is 0.240 e. The van der Waals surface area contributed by atoms with Gasteiger partial charge in [0, 0.05) is 6.54 Å². The molecule has 3 heteroatoms. The molecule has 0 radical (unpaired) electrons. The second-order valence-corrected chi connectivity index (χ2v) is 5.65. The summed E-state index contributed by atoms with van der Waals surface area (Å²) in [5, 5.41) is 3.29. The highest BCUT2D eigenvalue weighted by atomic mass is 16.2. The monoisotopic (exact) mass is 212 g/mol. The zero-order chi connectivity index (χ0) is 11.5. The van der Waals surface area contributed by atoms with Crippen LogP contribution in [-0.4, -0.2) is 30.1 Å². The lowest BCUT2D eigenvalue weighted by atomic mass is 9.96. The van der Waals surface area contributed by atoms with Gasteiger partial charge in [-0.25, -0.2) is 0 Å². The van der Waals surface area contributed by atoms with Crippen LogP contribution >= 0.6 is 0 Å². The van der Waals surface area contributed by atoms with Gasteiger partial charge < -0.3 is 4.90 Å². The molecule has 0 spiro atoms. The highest BCUT2D eigenvalue weighted by Crippen LogP contribution is 2.18. The fraction of sp³-hybridized carbons (Fsp3) is 0.917. The zero-order valence-electron chi connectivity index (χ0n) is 10.5. The molecule has 0 bridgehead atoms. The number of carbonyl (C=O) groups excluding carboxylic acids is 1. The van der Waals surface area contributed by atoms with Crippen molar-refractivity contribution in [1.29, 1.82) is 0 Å². The molecule has 0 aromatic rings. The molecule has 1 atom stereocenters. The molecule has 3 nitrogen and oxygen atoms in total. The van der Waals surface area contributed by atoms with Crippen LogP contribution in [-0.2, 0) is 4.79 Å². The summed E-state index contributed by atoms with van der Waals surface area (Å²) < 4.78 is 0. The Balaban J connectivity index is 2.42. The molecule has 1 saturated heterocycles. The molecule has 1 aliphatic heterocycles. The standard InChI is InChI=1S/C12H24N2O/c1-5-6-7-10-11(15)14(9-13-10)8-12(2,3)4/h10,13H,5-9H2,1-4H3. The first-order valence-electron chi connectivity index (χ1n) is 5.96. The van der Waals surface area contributed by atoms with Crippen LogP contribution in [0.2, 0.25) is 0 Å². The van der Waals surface area contributed by atoms with Gasteiger partial charge in [0.1, 0.15) is 0 Å². The van der Waals surface area contributed by atoms with Gasteiger partial charge >= 0.3 is 0 Å². The number of hydrogen-bond donors (Lipinski definition) is 1. The predicted octanol–water partition coefficient (Wildman–Crippen LogP) is 1.98. The van der Waals surface area contributed by atoms with E-state index in [9.17, 15) is 4.79 Å². The number of nitrogens with one attached hydrogen (secondary N) is 1. The van der Waals surface area contributed by atoms with Crippen molar-refractivity contribution in [3.63, 3.8) is 0 Å². The van der Waals surface area contributed by atoms with E-state index in [-0.39, 0.29) is 11.5 Å². The van der Waals surface area contributed by atoms with Gasteiger partial charge in [0.15, 0.2) is 0 Å². The van der Waals surface area contributed by atoms with Gasteiger partial charge in [-0.05, 0) is 11.8 Å². The summed E-state index contributed by atoms with van der Waals surface area (Å²) in [6.45, 7) is 10.2. The SMILES string of the molecule is CCCCC1NCN(CC(C)(C)C)C1=O. The summed E-state index contributed by atoms with van der Waals surface area (Å²) in [4.78, 5) is 13.9. The Kier molecular flexibility index (Phi) is 4.14. The quantitative estimate of drug-likeness (QED) is 0.773. The topological polar surface area (TPSA) is 32.3 Å². The van der Waals surface area contributed by atoms with Gasteiger partial charge in [0.2, 0.25) is 5.91 Å². The Morgan fingerprint density at radius 3 is 2.67 bits per heavy atom. The second kappa shape index (κ2) is 4.97. The first-order chi connectivity index (χ1) is 6.94. The Morgan fingerprint density at radius 2 is 2.13 bits per heavy atom. The minimum Gasteiger partial charge on any atom is -0.328 e. The number of carbonyl (C=O) groups is 1. The van der Waals surface area contributed by atoms with Crippen molar-refractivity contribution in [2.24, 2.45) is 5.41 Å². The molecule has 0 aromatic heterocycles. The third kappa shape index (κ3) is 3.82. The van der Waals surface area contributed by atoms with Crippen LogP contribution < -0.4 is 5.32 Å². The second-order valence-electron chi connectivity index (χ2n) is 5.65. The van der Waals surface area contributed by atoms with E-state index in [4.69, 9.17) is 0 Å². The Morgan fingerprint density at radius 1 is 1.47 bits per heavy atom. The zero-order valence-corrected chi connectivity index (χ0v) is 10.5. The molecule has 1 fully saturated rings. The van der Waals surface area contributed by atoms with E-state index in [1.165, 1.54) is 0 Å². The fourth-order valence-corrected chi connectivity index (χ4v) is 1.95. The number of nitrogens with zero attached hydrogens (tertiary/aromatic N) is 1. The average molecular weight is 212 g/mol. The number of unbranched alkanes of at least 4 members (excludes halogenated alkanes) is 1. The number of rotatable bonds is 4. The Labute approximate surface area is 93.2 Å². The summed E-state index contributed by atoms with van der Waals surface area (Å²) in [6.07, 6.45) is 3.27. The molecule has 0 aromatic carbocycles. The largest absolute Gasteiger partial charge is 0.328 e. The lowest BCUT2D eigenvalue weighted by Gasteiger charge is -2.25. The summed E-state index contributed by atoms with van der Waals surface area (Å²) in [5.41, 5.74) is 0.191. The van der Waals surface area contributed by atoms with Gasteiger partial charge in [-0.3, -0.25) is 10.1 Å². The molecule has 15 heavy (non-hydrogen) atoms. The van der Waals surface area contributed by atoms with Crippen molar-refractivity contribution >= 4 is 5.91 Å². The molecular formula is C12H24N2O. The van der Waals surface area contributed by atoms with E-state index in [0.29, 0.717) is 5.91 Å². The van der Waals surface area contributed by atoms with Crippen molar-refractivity contribution in [1.82, 2.24) is 10.2 Å². The maximum Gasteiger partial charge on any atom is 0.240 e. The molecule has 1 aliphatic rings. The van der Waals surface area contributed by atoms with Crippen molar-refractivity contribution in [2.75, 3.05) is 13.2 Å². The van der Waals surface area contributed by atoms with Gasteiger partial charge in [-0.1, -0.05) is 40.5 Å². The van der Waals surface area contributed by atoms with Crippen LogP contribution in [0.4, 0.5) is 0 Å². The maximum absolute atomic E-state index is 12.0. The first kappa shape index (κ1) is 12.5. The van der Waals surface area contributed by atoms with Gasteiger partial charge in [-0.15, -0.1) is 0 Å². The molecule has 1 heterocycles. The highest BCUT2D eigenvalue weighted by Gasteiger charge is 2.32. The van der Waals surface area contributed by atoms with Crippen LogP contribution in [0.5, 0.6) is 0 Å². The summed E-state index contributed by atoms with van der Waals surface area (Å²) in [7, 11) is 0. The van der Waals surface area contributed by atoms with Crippen LogP contribution in [0.1, 0.15) is 47.0 Å². The number of hydrogen-bond acceptors (Lipinski definition) is 2. The van der Waals surface area contributed by atoms with Crippen molar-refractivity contribution in [3.05, 3.63) is 0 Å². The van der Waals surface area contributed by atoms with Gasteiger partial charge in [0.05, 0.1) is 12.7 Å². The molecule has 1 rings (SSSR count). The van der Waals surface area contributed by atoms with E-state index in [1.807, 2.05) is 4.90 Å². The molecule has 0 saturated carbocycles. The van der Waals surface area contributed by atoms with E-state index in [2.05, 4.69) is 33.0 Å². The number of amides is 1. The molecular weight excluding hydrogens is 188 g/mol. The lowest BCUT2D eigenvalue weighted by molar-refractivity contribution is -0.130. The normalized spacial score (nSPS) is 22.5. The first-order valence-corrected chi connectivity index (χ1v) is 5.96. The van der Waals surface area contributed by atoms with Crippen LogP contribution in [0.15, 0.2) is 0 Å². The van der Waals surface area contributed by atoms with Gasteiger partial charge in [-0.2, -0.15) is 0 Å². The molecule has 1 amide bonds. The third-order valence-electron chi connectivity index (χ3n) is 2.65. The lowest BCUT2D eigenvalue weighted by Crippen LogP contribution is -2.36. The van der Waals surface area contributed by atoms with E-state index < -0.39 is 0 Å². The molecule has 1 N–H and O–H groups in total. The predicted molar refractivity (Wildman–Crippen MR) is 62.5 cm³/mol. The van der Waals surface area contributed by atoms with Crippen LogP contribution in [0, 0.1) is 5.41 Å². The van der Waals surface area contributed by atoms with Crippen LogP contribution in [0.3, 0.4) is 0 Å². The maximum atomic E-state index is 12.0. The third-order valence-corrected chi connectivity index (χ3v) is 2.65. The molecule has 0 aliphatic carbocycles. The summed E-state index contributed by atoms with van der Waals surface area (Å²) >= 11 is 0. The molecule has 1 unspecified atom stereocenters. The van der Waals surface area contributed by atoms with Crippen LogP contribution in [0.25, 0.3) is 0 Å². The van der Waals surface area contributed by atoms with Crippen molar-refractivity contribution in [2.45, 2.75) is 53.0 Å². The summed E-state index contributed by atoms with van der Waals surface area (Å²) in [6, 6.07) is 0.0762. The van der Waals surface area contributed by atoms with E-state index in [0.717, 1.165) is 32.5 Å². The van der Waals surface area contributed by atoms with E-state index >= 15 is 0 Å². The minimum absolute atomic E-state index is 0.0762. The Bertz CT molecular complexity index is 220. The van der Waals surface area contributed by atoms with Crippen molar-refractivity contribution in [3.8, 4) is 0 Å². The van der Waals surface area contributed by atoms with Gasteiger partial charge in [0.25, 0.3) is 0 Å². The van der Waals surface area contributed by atoms with Crippen molar-refractivity contribution < 1.29 is 4.79 Å². The summed E-state index contributed by atoms with van der Waals surface area (Å²) in [5.74, 6) is 0.290. The average Bonchev–Trinajstić information content (AvgIpc) is 2.43. The highest BCUT2D eigenvalue weighted by molar-refractivity contribution is 5.83. The Hall–Kier alpha value is -0.570.